The van der Waals surface area contributed by atoms with Gasteiger partial charge in [-0.1, -0.05) is 61.4 Å². The number of hydrogen-bond donors (Lipinski definition) is 1. The summed E-state index contributed by atoms with van der Waals surface area (Å²) in [6.07, 6.45) is 8.08. The Morgan fingerprint density at radius 1 is 0.895 bits per heavy atom. The van der Waals surface area contributed by atoms with Gasteiger partial charge in [-0.2, -0.15) is 0 Å². The number of ether oxygens (including phenoxy) is 1. The van der Waals surface area contributed by atoms with Gasteiger partial charge in [0.05, 0.1) is 17.9 Å². The fourth-order valence-corrected chi connectivity index (χ4v) is 6.49. The van der Waals surface area contributed by atoms with Crippen LogP contribution in [-0.4, -0.2) is 53.9 Å². The molecule has 2 aromatic carbocycles. The number of carbonyl (C=O) groups excluding carboxylic acids is 1. The molecule has 2 heterocycles. The molecular weight excluding hydrogens is 472 g/mol. The predicted molar refractivity (Wildman–Crippen MR) is 150 cm³/mol. The molecule has 0 radical (unpaired) electrons. The molecule has 0 spiro atoms. The van der Waals surface area contributed by atoms with Gasteiger partial charge in [-0.3, -0.25) is 14.7 Å². The van der Waals surface area contributed by atoms with E-state index in [0.29, 0.717) is 17.9 Å². The van der Waals surface area contributed by atoms with Crippen molar-refractivity contribution in [3.05, 3.63) is 89.2 Å². The van der Waals surface area contributed by atoms with Crippen LogP contribution in [0.5, 0.6) is 0 Å². The van der Waals surface area contributed by atoms with E-state index in [1.807, 2.05) is 0 Å². The number of pyridine rings is 1. The minimum absolute atomic E-state index is 0.263. The normalized spacial score (nSPS) is 20.9. The van der Waals surface area contributed by atoms with Crippen LogP contribution in [0.15, 0.2) is 66.9 Å². The summed E-state index contributed by atoms with van der Waals surface area (Å²) < 4.78 is 6.55. The summed E-state index contributed by atoms with van der Waals surface area (Å²) in [4.78, 5) is 21.7. The Bertz CT molecular complexity index is 1270. The average molecular weight is 511 g/mol. The fourth-order valence-electron chi connectivity index (χ4n) is 6.49. The van der Waals surface area contributed by atoms with Gasteiger partial charge >= 0.3 is 0 Å². The van der Waals surface area contributed by atoms with Crippen molar-refractivity contribution in [1.82, 2.24) is 14.8 Å². The number of primary amides is 1. The van der Waals surface area contributed by atoms with Gasteiger partial charge in [0, 0.05) is 37.9 Å². The van der Waals surface area contributed by atoms with Crippen LogP contribution in [-0.2, 0) is 22.5 Å². The number of rotatable bonds is 8. The van der Waals surface area contributed by atoms with Crippen molar-refractivity contribution in [1.29, 1.82) is 0 Å². The van der Waals surface area contributed by atoms with Crippen molar-refractivity contribution in [2.45, 2.75) is 56.3 Å². The molecular formula is C32H38N4O2. The van der Waals surface area contributed by atoms with Crippen LogP contribution in [0.3, 0.4) is 0 Å². The maximum Gasteiger partial charge on any atom is 0.250 e. The third-order valence-electron chi connectivity index (χ3n) is 8.97. The van der Waals surface area contributed by atoms with Crippen LogP contribution in [0.4, 0.5) is 0 Å². The highest BCUT2D eigenvalue weighted by Crippen LogP contribution is 2.51. The summed E-state index contributed by atoms with van der Waals surface area (Å²) in [5.41, 5.74) is 11.5. The molecule has 1 aromatic heterocycles. The van der Waals surface area contributed by atoms with E-state index in [2.05, 4.69) is 70.4 Å². The molecule has 6 nitrogen and oxygen atoms in total. The quantitative estimate of drug-likeness (QED) is 0.458. The third-order valence-corrected chi connectivity index (χ3v) is 8.97. The van der Waals surface area contributed by atoms with Crippen LogP contribution in [0, 0.1) is 0 Å². The largest absolute Gasteiger partial charge is 0.366 e. The van der Waals surface area contributed by atoms with Gasteiger partial charge in [-0.25, -0.2) is 0 Å². The molecule has 2 N–H and O–H groups in total. The van der Waals surface area contributed by atoms with Crippen LogP contribution >= 0.6 is 0 Å². The smallest absolute Gasteiger partial charge is 0.250 e. The minimum atomic E-state index is -0.553. The van der Waals surface area contributed by atoms with E-state index in [-0.39, 0.29) is 5.54 Å². The van der Waals surface area contributed by atoms with Gasteiger partial charge in [0.15, 0.2) is 0 Å². The molecule has 1 aliphatic heterocycles. The first-order chi connectivity index (χ1) is 18.5. The van der Waals surface area contributed by atoms with Crippen molar-refractivity contribution >= 4 is 5.91 Å². The Morgan fingerprint density at radius 3 is 2.13 bits per heavy atom. The lowest BCUT2D eigenvalue weighted by Gasteiger charge is -2.38. The molecule has 198 valence electrons. The lowest BCUT2D eigenvalue weighted by Crippen LogP contribution is -2.49. The maximum atomic E-state index is 12.1. The molecule has 0 unspecified atom stereocenters. The summed E-state index contributed by atoms with van der Waals surface area (Å²) in [6.45, 7) is 5.11. The van der Waals surface area contributed by atoms with Crippen molar-refractivity contribution in [2.75, 3.05) is 33.2 Å². The molecule has 3 aromatic rings. The number of amides is 1. The van der Waals surface area contributed by atoms with Gasteiger partial charge in [-0.15, -0.1) is 0 Å². The third kappa shape index (κ3) is 4.77. The monoisotopic (exact) mass is 510 g/mol. The number of aromatic nitrogens is 1. The Balaban J connectivity index is 1.14. The van der Waals surface area contributed by atoms with E-state index in [1.165, 1.54) is 29.5 Å². The summed E-state index contributed by atoms with van der Waals surface area (Å²) in [5, 5.41) is 0. The number of likely N-dealkylation sites (N-methyl/N-ethyl adjacent to an activating group) is 1. The topological polar surface area (TPSA) is 71.7 Å². The van der Waals surface area contributed by atoms with Crippen LogP contribution < -0.4 is 5.73 Å². The zero-order valence-corrected chi connectivity index (χ0v) is 22.4. The van der Waals surface area contributed by atoms with E-state index >= 15 is 0 Å². The summed E-state index contributed by atoms with van der Waals surface area (Å²) >= 11 is 0. The van der Waals surface area contributed by atoms with Crippen molar-refractivity contribution in [3.63, 3.8) is 0 Å². The Labute approximate surface area is 225 Å². The second-order valence-electron chi connectivity index (χ2n) is 11.4. The molecule has 1 saturated heterocycles. The number of hydrogen-bond acceptors (Lipinski definition) is 5. The van der Waals surface area contributed by atoms with Gasteiger partial charge in [0.2, 0.25) is 0 Å². The molecule has 6 rings (SSSR count). The molecule has 2 saturated carbocycles. The van der Waals surface area contributed by atoms with Crippen LogP contribution in [0.25, 0.3) is 11.1 Å². The summed E-state index contributed by atoms with van der Waals surface area (Å²) in [7, 11) is 2.22. The molecule has 0 atom stereocenters. The molecule has 2 aliphatic carbocycles. The number of piperazine rings is 1. The summed E-state index contributed by atoms with van der Waals surface area (Å²) in [5.74, 6) is -0.450. The predicted octanol–water partition coefficient (Wildman–Crippen LogP) is 5.07. The zero-order valence-electron chi connectivity index (χ0n) is 22.4. The minimum Gasteiger partial charge on any atom is -0.366 e. The highest BCUT2D eigenvalue weighted by atomic mass is 16.5. The molecule has 1 amide bonds. The molecule has 38 heavy (non-hydrogen) atoms. The van der Waals surface area contributed by atoms with Crippen LogP contribution in [0.1, 0.15) is 65.7 Å². The van der Waals surface area contributed by atoms with Crippen molar-refractivity contribution in [2.24, 2.45) is 5.73 Å². The first-order valence-corrected chi connectivity index (χ1v) is 14.0. The number of benzene rings is 2. The number of nitrogens with zero attached hydrogens (tertiary/aromatic N) is 3. The van der Waals surface area contributed by atoms with E-state index < -0.39 is 11.5 Å². The standard InChI is InChI=1S/C32H38N4O2/c1-35-19-21-36(22-20-35)31(16-17-31)27-12-10-26(11-13-27)25-8-6-24(7-9-25)23-38-32(14-2-3-15-32)29-28(30(33)37)5-4-18-34-29/h4-13,18H,2-3,14-17,19-23H2,1H3,(H2,33,37). The van der Waals surface area contributed by atoms with E-state index in [4.69, 9.17) is 10.5 Å². The number of nitrogens with two attached hydrogens (primary N) is 1. The number of carbonyl (C=O) groups is 1. The maximum absolute atomic E-state index is 12.1. The van der Waals surface area contributed by atoms with Gasteiger partial charge < -0.3 is 15.4 Å². The molecule has 3 aliphatic rings. The van der Waals surface area contributed by atoms with Gasteiger partial charge in [0.1, 0.15) is 5.60 Å². The Kier molecular flexibility index (Phi) is 6.81. The molecule has 0 bridgehead atoms. The Morgan fingerprint density at radius 2 is 1.53 bits per heavy atom. The molecule has 3 fully saturated rings. The second kappa shape index (κ2) is 10.3. The first-order valence-electron chi connectivity index (χ1n) is 14.0. The fraction of sp³-hybridized carbons (Fsp3) is 0.438. The molecule has 6 heteroatoms. The summed E-state index contributed by atoms with van der Waals surface area (Å²) in [6, 6.07) is 21.4. The van der Waals surface area contributed by atoms with Gasteiger partial charge in [-0.05, 0) is 67.1 Å². The van der Waals surface area contributed by atoms with Crippen molar-refractivity contribution in [3.8, 4) is 11.1 Å². The first kappa shape index (κ1) is 25.2. The van der Waals surface area contributed by atoms with Crippen LogP contribution in [0.2, 0.25) is 0 Å². The highest BCUT2D eigenvalue weighted by molar-refractivity contribution is 5.94. The van der Waals surface area contributed by atoms with E-state index in [0.717, 1.165) is 57.4 Å². The SMILES string of the molecule is CN1CCN(C2(c3ccc(-c4ccc(COC5(c6ncccc6C(N)=O)CCCC5)cc4)cc3)CC2)CC1. The van der Waals surface area contributed by atoms with Gasteiger partial charge in [0.25, 0.3) is 5.91 Å². The second-order valence-corrected chi connectivity index (χ2v) is 11.4. The zero-order chi connectivity index (χ0) is 26.2. The average Bonchev–Trinajstić information content (AvgIpc) is 3.63. The lowest BCUT2D eigenvalue weighted by molar-refractivity contribution is -0.0606. The van der Waals surface area contributed by atoms with E-state index in [9.17, 15) is 4.79 Å². The van der Waals surface area contributed by atoms with Crippen molar-refractivity contribution < 1.29 is 9.53 Å². The van der Waals surface area contributed by atoms with E-state index in [1.54, 1.807) is 18.3 Å². The highest BCUT2D eigenvalue weighted by Gasteiger charge is 2.49. The lowest BCUT2D eigenvalue weighted by atomic mass is 9.92. The Hall–Kier alpha value is -3.06.